The quantitative estimate of drug-likeness (QED) is 0.357. The second-order valence-corrected chi connectivity index (χ2v) is 7.23. The summed E-state index contributed by atoms with van der Waals surface area (Å²) < 4.78 is 24.2. The SMILES string of the molecule is O=C1OC(c2ccc(Cl)c(Cl)c2)=N/C1=C\c1ccccc1OCc1ccc(F)cc1. The number of nitrogens with zero attached hydrogens (tertiary/aromatic N) is 1. The molecule has 0 spiro atoms. The van der Waals surface area contributed by atoms with Crippen LogP contribution in [0.1, 0.15) is 16.7 Å². The predicted octanol–water partition coefficient (Wildman–Crippen LogP) is 6.06. The van der Waals surface area contributed by atoms with Gasteiger partial charge < -0.3 is 9.47 Å². The molecule has 4 rings (SSSR count). The third-order valence-electron chi connectivity index (χ3n) is 4.31. The van der Waals surface area contributed by atoms with Gasteiger partial charge in [0, 0.05) is 11.1 Å². The lowest BCUT2D eigenvalue weighted by molar-refractivity contribution is -0.129. The van der Waals surface area contributed by atoms with Gasteiger partial charge in [0.15, 0.2) is 5.70 Å². The van der Waals surface area contributed by atoms with Crippen LogP contribution in [0.2, 0.25) is 10.0 Å². The molecule has 0 N–H and O–H groups in total. The fraction of sp³-hybridized carbons (Fsp3) is 0.0435. The second kappa shape index (κ2) is 8.69. The molecule has 0 amide bonds. The van der Waals surface area contributed by atoms with Gasteiger partial charge in [-0.1, -0.05) is 53.5 Å². The summed E-state index contributed by atoms with van der Waals surface area (Å²) in [5.74, 6) is -0.182. The van der Waals surface area contributed by atoms with Crippen molar-refractivity contribution in [1.29, 1.82) is 0 Å². The van der Waals surface area contributed by atoms with E-state index in [0.29, 0.717) is 26.9 Å². The largest absolute Gasteiger partial charge is 0.488 e. The lowest BCUT2D eigenvalue weighted by Crippen LogP contribution is -2.05. The van der Waals surface area contributed by atoms with Gasteiger partial charge in [-0.2, -0.15) is 0 Å². The van der Waals surface area contributed by atoms with Crippen LogP contribution in [0.4, 0.5) is 4.39 Å². The Hall–Kier alpha value is -3.15. The van der Waals surface area contributed by atoms with Crippen LogP contribution in [0.5, 0.6) is 5.75 Å². The monoisotopic (exact) mass is 441 g/mol. The molecule has 0 radical (unpaired) electrons. The van der Waals surface area contributed by atoms with Crippen LogP contribution in [0.15, 0.2) is 77.4 Å². The second-order valence-electron chi connectivity index (χ2n) is 6.42. The van der Waals surface area contributed by atoms with E-state index < -0.39 is 5.97 Å². The van der Waals surface area contributed by atoms with Crippen LogP contribution in [-0.4, -0.2) is 11.9 Å². The fourth-order valence-corrected chi connectivity index (χ4v) is 3.08. The van der Waals surface area contributed by atoms with E-state index in [1.807, 2.05) is 12.1 Å². The van der Waals surface area contributed by atoms with E-state index in [2.05, 4.69) is 4.99 Å². The third kappa shape index (κ3) is 4.53. The fourth-order valence-electron chi connectivity index (χ4n) is 2.78. The van der Waals surface area contributed by atoms with Crippen LogP contribution >= 0.6 is 23.2 Å². The molecule has 7 heteroatoms. The van der Waals surface area contributed by atoms with E-state index in [9.17, 15) is 9.18 Å². The molecule has 0 atom stereocenters. The molecular formula is C23H14Cl2FNO3. The summed E-state index contributed by atoms with van der Waals surface area (Å²) in [4.78, 5) is 16.6. The van der Waals surface area contributed by atoms with Gasteiger partial charge in [0.1, 0.15) is 18.2 Å². The van der Waals surface area contributed by atoms with E-state index in [1.165, 1.54) is 12.1 Å². The summed E-state index contributed by atoms with van der Waals surface area (Å²) in [6, 6.07) is 18.1. The molecule has 1 aliphatic heterocycles. The average molecular weight is 442 g/mol. The minimum absolute atomic E-state index is 0.133. The Morgan fingerprint density at radius 3 is 2.53 bits per heavy atom. The molecule has 0 fully saturated rings. The molecule has 0 bridgehead atoms. The molecule has 0 saturated heterocycles. The van der Waals surface area contributed by atoms with Gasteiger partial charge in [0.25, 0.3) is 0 Å². The first kappa shape index (κ1) is 20.1. The summed E-state index contributed by atoms with van der Waals surface area (Å²) in [6.07, 6.45) is 1.59. The van der Waals surface area contributed by atoms with Crippen LogP contribution in [-0.2, 0) is 16.1 Å². The highest BCUT2D eigenvalue weighted by Gasteiger charge is 2.25. The van der Waals surface area contributed by atoms with Crippen molar-refractivity contribution in [2.45, 2.75) is 6.61 Å². The van der Waals surface area contributed by atoms with Crippen molar-refractivity contribution in [2.24, 2.45) is 4.99 Å². The topological polar surface area (TPSA) is 47.9 Å². The third-order valence-corrected chi connectivity index (χ3v) is 5.04. The lowest BCUT2D eigenvalue weighted by atomic mass is 10.1. The normalized spacial score (nSPS) is 14.6. The number of hydrogen-bond acceptors (Lipinski definition) is 4. The zero-order chi connectivity index (χ0) is 21.1. The minimum atomic E-state index is -0.579. The van der Waals surface area contributed by atoms with E-state index in [0.717, 1.165) is 5.56 Å². The van der Waals surface area contributed by atoms with Gasteiger partial charge in [-0.3, -0.25) is 0 Å². The van der Waals surface area contributed by atoms with Gasteiger partial charge in [0.2, 0.25) is 5.90 Å². The van der Waals surface area contributed by atoms with Crippen molar-refractivity contribution in [2.75, 3.05) is 0 Å². The van der Waals surface area contributed by atoms with Crippen molar-refractivity contribution < 1.29 is 18.7 Å². The molecule has 1 heterocycles. The summed E-state index contributed by atoms with van der Waals surface area (Å²) in [5, 5.41) is 0.734. The molecule has 0 saturated carbocycles. The summed E-state index contributed by atoms with van der Waals surface area (Å²) in [5.41, 5.74) is 2.15. The Kier molecular flexibility index (Phi) is 5.84. The van der Waals surface area contributed by atoms with Gasteiger partial charge in [0.05, 0.1) is 10.0 Å². The van der Waals surface area contributed by atoms with Crippen LogP contribution < -0.4 is 4.74 Å². The maximum absolute atomic E-state index is 13.1. The number of aliphatic imine (C=N–C) groups is 1. The van der Waals surface area contributed by atoms with Gasteiger partial charge in [-0.25, -0.2) is 14.2 Å². The Labute approximate surface area is 182 Å². The molecule has 3 aromatic carbocycles. The first-order chi connectivity index (χ1) is 14.5. The molecule has 0 aromatic heterocycles. The van der Waals surface area contributed by atoms with E-state index in [1.54, 1.807) is 48.5 Å². The van der Waals surface area contributed by atoms with E-state index in [-0.39, 0.29) is 24.0 Å². The van der Waals surface area contributed by atoms with Crippen molar-refractivity contribution >= 4 is 41.1 Å². The summed E-state index contributed by atoms with van der Waals surface area (Å²) in [6.45, 7) is 0.253. The number of rotatable bonds is 5. The first-order valence-corrected chi connectivity index (χ1v) is 9.69. The number of hydrogen-bond donors (Lipinski definition) is 0. The highest BCUT2D eigenvalue weighted by Crippen LogP contribution is 2.28. The average Bonchev–Trinajstić information content (AvgIpc) is 3.11. The van der Waals surface area contributed by atoms with Crippen molar-refractivity contribution in [3.63, 3.8) is 0 Å². The molecule has 3 aromatic rings. The Balaban J connectivity index is 1.58. The Morgan fingerprint density at radius 2 is 1.77 bits per heavy atom. The predicted molar refractivity (Wildman–Crippen MR) is 114 cm³/mol. The lowest BCUT2D eigenvalue weighted by Gasteiger charge is -2.09. The number of ether oxygens (including phenoxy) is 2. The van der Waals surface area contributed by atoms with Gasteiger partial charge in [-0.05, 0) is 48.0 Å². The molecule has 30 heavy (non-hydrogen) atoms. The number of halogens is 3. The molecular weight excluding hydrogens is 428 g/mol. The number of para-hydroxylation sites is 1. The molecule has 1 aliphatic rings. The smallest absolute Gasteiger partial charge is 0.363 e. The number of carbonyl (C=O) groups is 1. The van der Waals surface area contributed by atoms with E-state index >= 15 is 0 Å². The van der Waals surface area contributed by atoms with Crippen LogP contribution in [0.25, 0.3) is 6.08 Å². The standard InChI is InChI=1S/C23H14Cl2FNO3/c24-18-10-7-16(11-19(18)25)22-27-20(23(28)30-22)12-15-3-1-2-4-21(15)29-13-14-5-8-17(26)9-6-14/h1-12H,13H2/b20-12-. The number of carbonyl (C=O) groups excluding carboxylic acids is 1. The number of benzene rings is 3. The van der Waals surface area contributed by atoms with Crippen LogP contribution in [0, 0.1) is 5.82 Å². The van der Waals surface area contributed by atoms with Crippen molar-refractivity contribution in [3.05, 3.63) is 105 Å². The Morgan fingerprint density at radius 1 is 1.00 bits per heavy atom. The van der Waals surface area contributed by atoms with Crippen LogP contribution in [0.3, 0.4) is 0 Å². The van der Waals surface area contributed by atoms with E-state index in [4.69, 9.17) is 32.7 Å². The molecule has 150 valence electrons. The number of cyclic esters (lactones) is 1. The molecule has 0 aliphatic carbocycles. The Bertz CT molecular complexity index is 1170. The first-order valence-electron chi connectivity index (χ1n) is 8.94. The highest BCUT2D eigenvalue weighted by atomic mass is 35.5. The summed E-state index contributed by atoms with van der Waals surface area (Å²) in [7, 11) is 0. The summed E-state index contributed by atoms with van der Waals surface area (Å²) >= 11 is 12.0. The molecule has 0 unspecified atom stereocenters. The highest BCUT2D eigenvalue weighted by molar-refractivity contribution is 6.42. The van der Waals surface area contributed by atoms with Crippen molar-refractivity contribution in [3.8, 4) is 5.75 Å². The zero-order valence-corrected chi connectivity index (χ0v) is 17.0. The molecule has 4 nitrogen and oxygen atoms in total. The number of esters is 1. The van der Waals surface area contributed by atoms with Gasteiger partial charge >= 0.3 is 5.97 Å². The van der Waals surface area contributed by atoms with Gasteiger partial charge in [-0.15, -0.1) is 0 Å². The maximum Gasteiger partial charge on any atom is 0.363 e. The van der Waals surface area contributed by atoms with Crippen molar-refractivity contribution in [1.82, 2.24) is 0 Å². The zero-order valence-electron chi connectivity index (χ0n) is 15.4. The maximum atomic E-state index is 13.1. The minimum Gasteiger partial charge on any atom is -0.488 e.